The van der Waals surface area contributed by atoms with Crippen molar-refractivity contribution in [2.24, 2.45) is 0 Å². The summed E-state index contributed by atoms with van der Waals surface area (Å²) in [4.78, 5) is 13.0. The Balaban J connectivity index is 1.85. The van der Waals surface area contributed by atoms with E-state index in [4.69, 9.17) is 11.6 Å². The van der Waals surface area contributed by atoms with Crippen molar-refractivity contribution in [2.45, 2.75) is 19.9 Å². The zero-order valence-electron chi connectivity index (χ0n) is 18.8. The Morgan fingerprint density at radius 2 is 1.71 bits per heavy atom. The van der Waals surface area contributed by atoms with Crippen LogP contribution < -0.4 is 10.8 Å². The van der Waals surface area contributed by atoms with Gasteiger partial charge in [-0.25, -0.2) is 23.1 Å². The van der Waals surface area contributed by atoms with Crippen LogP contribution in [-0.2, 0) is 4.57 Å². The van der Waals surface area contributed by atoms with Crippen LogP contribution in [0.3, 0.4) is 0 Å². The van der Waals surface area contributed by atoms with Gasteiger partial charge in [0, 0.05) is 23.4 Å². The maximum absolute atomic E-state index is 15.0. The van der Waals surface area contributed by atoms with Crippen LogP contribution in [0.25, 0.3) is 22.3 Å². The van der Waals surface area contributed by atoms with E-state index in [9.17, 15) is 17.7 Å². The number of anilines is 1. The van der Waals surface area contributed by atoms with Gasteiger partial charge in [-0.15, -0.1) is 0 Å². The van der Waals surface area contributed by atoms with E-state index in [1.54, 1.807) is 39.3 Å². The van der Waals surface area contributed by atoms with Crippen molar-refractivity contribution in [3.63, 3.8) is 0 Å². The molecule has 3 heterocycles. The van der Waals surface area contributed by atoms with Crippen LogP contribution in [-0.4, -0.2) is 28.3 Å². The van der Waals surface area contributed by atoms with Gasteiger partial charge in [-0.1, -0.05) is 17.7 Å². The van der Waals surface area contributed by atoms with Gasteiger partial charge in [0.2, 0.25) is 0 Å². The molecule has 34 heavy (non-hydrogen) atoms. The van der Waals surface area contributed by atoms with Crippen LogP contribution in [0.5, 0.6) is 0 Å². The molecule has 0 unspecified atom stereocenters. The first kappa shape index (κ1) is 24.2. The highest BCUT2D eigenvalue weighted by atomic mass is 35.5. The topological polar surface area (TPSA) is 67.8 Å². The number of rotatable bonds is 5. The van der Waals surface area contributed by atoms with E-state index in [1.807, 2.05) is 0 Å². The minimum absolute atomic E-state index is 0.0110. The van der Waals surface area contributed by atoms with Crippen LogP contribution in [0.4, 0.5) is 18.9 Å². The third-order valence-corrected chi connectivity index (χ3v) is 7.22. The molecule has 4 aromatic rings. The van der Waals surface area contributed by atoms with Gasteiger partial charge in [-0.05, 0) is 51.4 Å². The molecule has 3 aromatic heterocycles. The van der Waals surface area contributed by atoms with Crippen molar-refractivity contribution in [1.82, 2.24) is 15.0 Å². The van der Waals surface area contributed by atoms with E-state index >= 15 is 0 Å². The molecule has 0 bridgehead atoms. The average molecular weight is 505 g/mol. The fourth-order valence-electron chi connectivity index (χ4n) is 3.65. The fourth-order valence-corrected chi connectivity index (χ4v) is 4.61. The number of benzene rings is 1. The Morgan fingerprint density at radius 1 is 1.03 bits per heavy atom. The van der Waals surface area contributed by atoms with Crippen molar-refractivity contribution in [2.75, 3.05) is 18.6 Å². The first-order chi connectivity index (χ1) is 16.0. The molecule has 0 aliphatic carbocycles. The number of aromatic nitrogens is 3. The first-order valence-corrected chi connectivity index (χ1v) is 13.3. The molecule has 0 saturated heterocycles. The van der Waals surface area contributed by atoms with Crippen molar-refractivity contribution >= 4 is 40.9 Å². The summed E-state index contributed by atoms with van der Waals surface area (Å²) in [6.45, 7) is 6.42. The molecule has 0 spiro atoms. The predicted octanol–water partition coefficient (Wildman–Crippen LogP) is 6.49. The molecule has 0 aliphatic heterocycles. The normalized spacial score (nSPS) is 12.7. The molecule has 10 heteroatoms. The van der Waals surface area contributed by atoms with Crippen LogP contribution in [0, 0.1) is 24.4 Å². The van der Waals surface area contributed by atoms with Crippen LogP contribution in [0.15, 0.2) is 42.6 Å². The third kappa shape index (κ3) is 4.52. The van der Waals surface area contributed by atoms with E-state index in [0.29, 0.717) is 16.7 Å². The summed E-state index contributed by atoms with van der Waals surface area (Å²) in [5, 5.41) is 3.23. The molecule has 0 fully saturated rings. The van der Waals surface area contributed by atoms with E-state index in [1.165, 1.54) is 30.5 Å². The SMILES string of the molecule is Cc1nc2cc(F)c(-c3ccc(P(C)(C)=O)nc3)nc2c(N[C@H](C)c2c(F)cccc2F)c1Cl. The van der Waals surface area contributed by atoms with Gasteiger partial charge in [0.1, 0.15) is 30.0 Å². The van der Waals surface area contributed by atoms with E-state index in [-0.39, 0.29) is 33.0 Å². The molecule has 0 saturated carbocycles. The molecule has 1 N–H and O–H groups in total. The lowest BCUT2D eigenvalue weighted by atomic mass is 10.1. The monoisotopic (exact) mass is 504 g/mol. The van der Waals surface area contributed by atoms with Crippen molar-refractivity contribution < 1.29 is 17.7 Å². The Hall–Kier alpha value is -2.96. The smallest absolute Gasteiger partial charge is 0.151 e. The standard InChI is InChI=1S/C24H21ClF3N4OP/c1-12(20-15(26)6-5-7-16(20)27)31-24-21(25)13(2)30-18-10-17(28)22(32-23(18)24)14-8-9-19(29-11-14)34(3,4)33/h5-12H,1-4H3,(H,30,31)/t12-/m1/s1. The van der Waals surface area contributed by atoms with Gasteiger partial charge in [0.25, 0.3) is 0 Å². The van der Waals surface area contributed by atoms with E-state index < -0.39 is 30.6 Å². The predicted molar refractivity (Wildman–Crippen MR) is 130 cm³/mol. The number of halogens is 4. The summed E-state index contributed by atoms with van der Waals surface area (Å²) in [6, 6.07) is 7.19. The van der Waals surface area contributed by atoms with Crippen molar-refractivity contribution in [3.05, 3.63) is 76.3 Å². The molecule has 1 atom stereocenters. The highest BCUT2D eigenvalue weighted by molar-refractivity contribution is 7.69. The zero-order valence-corrected chi connectivity index (χ0v) is 20.5. The lowest BCUT2D eigenvalue weighted by Gasteiger charge is -2.20. The van der Waals surface area contributed by atoms with Gasteiger partial charge < -0.3 is 9.88 Å². The number of pyridine rings is 3. The second kappa shape index (κ2) is 9.01. The number of nitrogens with one attached hydrogen (secondary N) is 1. The maximum atomic E-state index is 15.0. The minimum Gasteiger partial charge on any atom is -0.375 e. The van der Waals surface area contributed by atoms with E-state index in [0.717, 1.165) is 0 Å². The largest absolute Gasteiger partial charge is 0.375 e. The Morgan fingerprint density at radius 3 is 2.29 bits per heavy atom. The Bertz CT molecular complexity index is 1440. The summed E-state index contributed by atoms with van der Waals surface area (Å²) >= 11 is 6.50. The number of hydrogen-bond acceptors (Lipinski definition) is 5. The summed E-state index contributed by atoms with van der Waals surface area (Å²) in [6.07, 6.45) is 1.40. The zero-order chi connectivity index (χ0) is 24.8. The molecule has 0 aliphatic rings. The Kier molecular flexibility index (Phi) is 6.40. The maximum Gasteiger partial charge on any atom is 0.151 e. The second-order valence-corrected chi connectivity index (χ2v) is 11.9. The number of fused-ring (bicyclic) bond motifs is 1. The molecular weight excluding hydrogens is 484 g/mol. The quantitative estimate of drug-likeness (QED) is 0.315. The van der Waals surface area contributed by atoms with Gasteiger partial charge in [-0.3, -0.25) is 4.98 Å². The number of hydrogen-bond donors (Lipinski definition) is 1. The van der Waals surface area contributed by atoms with Crippen molar-refractivity contribution in [1.29, 1.82) is 0 Å². The summed E-state index contributed by atoms with van der Waals surface area (Å²) < 4.78 is 55.9. The minimum atomic E-state index is -2.58. The van der Waals surface area contributed by atoms with Gasteiger partial charge in [0.05, 0.1) is 33.4 Å². The van der Waals surface area contributed by atoms with Crippen molar-refractivity contribution in [3.8, 4) is 11.3 Å². The summed E-state index contributed by atoms with van der Waals surface area (Å²) in [7, 11) is -2.58. The molecule has 4 rings (SSSR count). The highest BCUT2D eigenvalue weighted by Gasteiger charge is 2.22. The van der Waals surface area contributed by atoms with Gasteiger partial charge in [-0.2, -0.15) is 0 Å². The second-order valence-electron chi connectivity index (χ2n) is 8.33. The molecule has 0 radical (unpaired) electrons. The molecule has 5 nitrogen and oxygen atoms in total. The summed E-state index contributed by atoms with van der Waals surface area (Å²) in [5.41, 5.74) is 1.75. The lowest BCUT2D eigenvalue weighted by Crippen LogP contribution is -2.13. The van der Waals surface area contributed by atoms with Gasteiger partial charge >= 0.3 is 0 Å². The molecule has 176 valence electrons. The highest BCUT2D eigenvalue weighted by Crippen LogP contribution is 2.37. The van der Waals surface area contributed by atoms with Crippen LogP contribution >= 0.6 is 18.7 Å². The lowest BCUT2D eigenvalue weighted by molar-refractivity contribution is 0.544. The molecule has 1 aromatic carbocycles. The Labute approximate surface area is 199 Å². The number of nitrogens with zero attached hydrogens (tertiary/aromatic N) is 3. The molecular formula is C24H21ClF3N4OP. The number of aryl methyl sites for hydroxylation is 1. The fraction of sp³-hybridized carbons (Fsp3) is 0.208. The molecule has 0 amide bonds. The third-order valence-electron chi connectivity index (χ3n) is 5.38. The van der Waals surface area contributed by atoms with Gasteiger partial charge in [0.15, 0.2) is 5.82 Å². The van der Waals surface area contributed by atoms with Crippen LogP contribution in [0.1, 0.15) is 24.2 Å². The van der Waals surface area contributed by atoms with E-state index in [2.05, 4.69) is 20.3 Å². The summed E-state index contributed by atoms with van der Waals surface area (Å²) in [5.74, 6) is -2.05. The first-order valence-electron chi connectivity index (χ1n) is 10.4. The average Bonchev–Trinajstić information content (AvgIpc) is 2.76. The van der Waals surface area contributed by atoms with Crippen LogP contribution in [0.2, 0.25) is 5.02 Å².